The summed E-state index contributed by atoms with van der Waals surface area (Å²) in [5.41, 5.74) is 5.82. The fourth-order valence-electron chi connectivity index (χ4n) is 2.50. The third kappa shape index (κ3) is 3.56. The molecule has 2 fully saturated rings. The lowest BCUT2D eigenvalue weighted by Crippen LogP contribution is -2.22. The summed E-state index contributed by atoms with van der Waals surface area (Å²) in [7, 11) is 0. The first-order valence-corrected chi connectivity index (χ1v) is 7.31. The number of hydrogen-bond donors (Lipinski definition) is 2. The van der Waals surface area contributed by atoms with Crippen LogP contribution in [0.2, 0.25) is 0 Å². The van der Waals surface area contributed by atoms with E-state index < -0.39 is 0 Å². The third-order valence-corrected chi connectivity index (χ3v) is 3.75. The first kappa shape index (κ1) is 12.7. The van der Waals surface area contributed by atoms with Crippen molar-refractivity contribution in [2.45, 2.75) is 50.5 Å². The highest BCUT2D eigenvalue weighted by molar-refractivity contribution is 5.45. The maximum Gasteiger partial charge on any atom is 0.136 e. The second-order valence-electron chi connectivity index (χ2n) is 5.51. The summed E-state index contributed by atoms with van der Waals surface area (Å²) in [5, 5.41) is 3.34. The minimum Gasteiger partial charge on any atom is -0.384 e. The molecule has 5 heteroatoms. The van der Waals surface area contributed by atoms with E-state index in [1.807, 2.05) is 6.07 Å². The van der Waals surface area contributed by atoms with Crippen LogP contribution >= 0.6 is 0 Å². The maximum absolute atomic E-state index is 5.82. The van der Waals surface area contributed by atoms with E-state index in [2.05, 4.69) is 15.3 Å². The number of nitrogen functional groups attached to an aromatic ring is 1. The van der Waals surface area contributed by atoms with Crippen LogP contribution in [0.1, 0.15) is 50.3 Å². The molecule has 1 unspecified atom stereocenters. The smallest absolute Gasteiger partial charge is 0.136 e. The molecule has 0 amide bonds. The predicted octanol–water partition coefficient (Wildman–Crippen LogP) is 2.31. The molecule has 3 rings (SSSR count). The van der Waals surface area contributed by atoms with E-state index in [-0.39, 0.29) is 0 Å². The summed E-state index contributed by atoms with van der Waals surface area (Å²) < 4.78 is 5.71. The molecule has 1 aromatic heterocycles. The molecule has 1 aliphatic carbocycles. The molecule has 1 aromatic rings. The molecule has 1 atom stereocenters. The normalized spacial score (nSPS) is 23.3. The van der Waals surface area contributed by atoms with Gasteiger partial charge in [0.2, 0.25) is 0 Å². The Hall–Kier alpha value is -1.36. The van der Waals surface area contributed by atoms with Gasteiger partial charge < -0.3 is 15.8 Å². The minimum absolute atomic E-state index is 0.406. The Balaban J connectivity index is 1.51. The highest BCUT2D eigenvalue weighted by atomic mass is 16.5. The Morgan fingerprint density at radius 2 is 2.16 bits per heavy atom. The van der Waals surface area contributed by atoms with Gasteiger partial charge in [0.1, 0.15) is 17.5 Å². The van der Waals surface area contributed by atoms with Crippen LogP contribution in [0, 0.1) is 0 Å². The van der Waals surface area contributed by atoms with Gasteiger partial charge in [0, 0.05) is 25.1 Å². The molecule has 0 aromatic carbocycles. The highest BCUT2D eigenvalue weighted by Gasteiger charge is 2.27. The number of ether oxygens (including phenoxy) is 1. The molecular weight excluding hydrogens is 240 g/mol. The van der Waals surface area contributed by atoms with Crippen molar-refractivity contribution in [1.82, 2.24) is 9.97 Å². The lowest BCUT2D eigenvalue weighted by Gasteiger charge is -2.22. The van der Waals surface area contributed by atoms with Crippen LogP contribution in [0.25, 0.3) is 0 Å². The first-order chi connectivity index (χ1) is 9.31. The van der Waals surface area contributed by atoms with Gasteiger partial charge >= 0.3 is 0 Å². The van der Waals surface area contributed by atoms with E-state index >= 15 is 0 Å². The van der Waals surface area contributed by atoms with Crippen molar-refractivity contribution in [2.75, 3.05) is 24.2 Å². The molecule has 0 bridgehead atoms. The number of anilines is 2. The Morgan fingerprint density at radius 1 is 1.26 bits per heavy atom. The van der Waals surface area contributed by atoms with Crippen molar-refractivity contribution in [1.29, 1.82) is 0 Å². The van der Waals surface area contributed by atoms with E-state index in [0.29, 0.717) is 17.8 Å². The molecular formula is C14H22N4O. The van der Waals surface area contributed by atoms with Crippen LogP contribution in [-0.4, -0.2) is 29.2 Å². The molecule has 0 radical (unpaired) electrons. The van der Waals surface area contributed by atoms with Crippen molar-refractivity contribution in [3.8, 4) is 0 Å². The Kier molecular flexibility index (Phi) is 3.82. The Bertz CT molecular complexity index is 427. The van der Waals surface area contributed by atoms with Crippen LogP contribution in [0.4, 0.5) is 11.6 Å². The minimum atomic E-state index is 0.406. The standard InChI is InChI=1S/C14H22N4O/c15-12-9-13(18-14(17-12)10-4-5-10)16-7-6-11-3-1-2-8-19-11/h9-11H,1-8H2,(H3,15,16,17,18). The van der Waals surface area contributed by atoms with Crippen molar-refractivity contribution in [2.24, 2.45) is 0 Å². The van der Waals surface area contributed by atoms with Crippen LogP contribution < -0.4 is 11.1 Å². The van der Waals surface area contributed by atoms with E-state index in [4.69, 9.17) is 10.5 Å². The first-order valence-electron chi connectivity index (χ1n) is 7.31. The number of nitrogens with one attached hydrogen (secondary N) is 1. The molecule has 2 aliphatic rings. The molecule has 5 nitrogen and oxygen atoms in total. The Labute approximate surface area is 114 Å². The summed E-state index contributed by atoms with van der Waals surface area (Å²) in [5.74, 6) is 2.85. The molecule has 1 aliphatic heterocycles. The van der Waals surface area contributed by atoms with Gasteiger partial charge in [-0.25, -0.2) is 9.97 Å². The molecule has 1 saturated heterocycles. The zero-order valence-electron chi connectivity index (χ0n) is 11.3. The van der Waals surface area contributed by atoms with Crippen LogP contribution in [0.5, 0.6) is 0 Å². The van der Waals surface area contributed by atoms with E-state index in [9.17, 15) is 0 Å². The average molecular weight is 262 g/mol. The molecule has 19 heavy (non-hydrogen) atoms. The van der Waals surface area contributed by atoms with Crippen molar-refractivity contribution >= 4 is 11.6 Å². The zero-order chi connectivity index (χ0) is 13.1. The second-order valence-corrected chi connectivity index (χ2v) is 5.51. The predicted molar refractivity (Wildman–Crippen MR) is 75.1 cm³/mol. The monoisotopic (exact) mass is 262 g/mol. The highest BCUT2D eigenvalue weighted by Crippen LogP contribution is 2.38. The fraction of sp³-hybridized carbons (Fsp3) is 0.714. The topological polar surface area (TPSA) is 73.1 Å². The molecule has 3 N–H and O–H groups in total. The maximum atomic E-state index is 5.82. The molecule has 1 saturated carbocycles. The summed E-state index contributed by atoms with van der Waals surface area (Å²) >= 11 is 0. The van der Waals surface area contributed by atoms with E-state index in [0.717, 1.165) is 31.2 Å². The van der Waals surface area contributed by atoms with Gasteiger partial charge in [-0.05, 0) is 38.5 Å². The lowest BCUT2D eigenvalue weighted by atomic mass is 10.1. The summed E-state index contributed by atoms with van der Waals surface area (Å²) in [6.45, 7) is 1.79. The molecule has 2 heterocycles. The third-order valence-electron chi connectivity index (χ3n) is 3.75. The number of rotatable bonds is 5. The van der Waals surface area contributed by atoms with Gasteiger partial charge in [-0.1, -0.05) is 0 Å². The van der Waals surface area contributed by atoms with E-state index in [1.165, 1.54) is 32.1 Å². The van der Waals surface area contributed by atoms with Gasteiger partial charge in [-0.3, -0.25) is 0 Å². The van der Waals surface area contributed by atoms with Gasteiger partial charge in [0.25, 0.3) is 0 Å². The average Bonchev–Trinajstić information content (AvgIpc) is 3.24. The van der Waals surface area contributed by atoms with Crippen LogP contribution in [-0.2, 0) is 4.74 Å². The summed E-state index contributed by atoms with van der Waals surface area (Å²) in [6.07, 6.45) is 7.50. The largest absolute Gasteiger partial charge is 0.384 e. The van der Waals surface area contributed by atoms with E-state index in [1.54, 1.807) is 0 Å². The van der Waals surface area contributed by atoms with Crippen LogP contribution in [0.3, 0.4) is 0 Å². The molecule has 0 spiro atoms. The molecule has 104 valence electrons. The van der Waals surface area contributed by atoms with Crippen LogP contribution in [0.15, 0.2) is 6.07 Å². The number of aromatic nitrogens is 2. The Morgan fingerprint density at radius 3 is 2.89 bits per heavy atom. The second kappa shape index (κ2) is 5.74. The zero-order valence-corrected chi connectivity index (χ0v) is 11.3. The lowest BCUT2D eigenvalue weighted by molar-refractivity contribution is 0.0134. The quantitative estimate of drug-likeness (QED) is 0.852. The SMILES string of the molecule is Nc1cc(NCCC2CCCCO2)nc(C2CC2)n1. The summed E-state index contributed by atoms with van der Waals surface area (Å²) in [4.78, 5) is 8.83. The fourth-order valence-corrected chi connectivity index (χ4v) is 2.50. The number of hydrogen-bond acceptors (Lipinski definition) is 5. The van der Waals surface area contributed by atoms with Gasteiger partial charge in [-0.2, -0.15) is 0 Å². The van der Waals surface area contributed by atoms with Crippen molar-refractivity contribution in [3.05, 3.63) is 11.9 Å². The van der Waals surface area contributed by atoms with Gasteiger partial charge in [0.05, 0.1) is 6.10 Å². The number of nitrogens with two attached hydrogens (primary N) is 1. The van der Waals surface area contributed by atoms with Gasteiger partial charge in [0.15, 0.2) is 0 Å². The van der Waals surface area contributed by atoms with Gasteiger partial charge in [-0.15, -0.1) is 0 Å². The number of nitrogens with zero attached hydrogens (tertiary/aromatic N) is 2. The summed E-state index contributed by atoms with van der Waals surface area (Å²) in [6, 6.07) is 1.81. The van der Waals surface area contributed by atoms with Crippen molar-refractivity contribution in [3.63, 3.8) is 0 Å². The van der Waals surface area contributed by atoms with Crippen molar-refractivity contribution < 1.29 is 4.74 Å².